The van der Waals surface area contributed by atoms with E-state index in [0.717, 1.165) is 12.1 Å². The van der Waals surface area contributed by atoms with Crippen LogP contribution in [0.4, 0.5) is 8.78 Å². The average Bonchev–Trinajstić information content (AvgIpc) is 2.90. The molecule has 1 saturated heterocycles. The van der Waals surface area contributed by atoms with Gasteiger partial charge in [0.1, 0.15) is 5.82 Å². The summed E-state index contributed by atoms with van der Waals surface area (Å²) in [5.74, 6) is -1.31. The average molecular weight is 335 g/mol. The number of halogens is 2. The number of aliphatic hydroxyl groups excluding tert-OH is 1. The van der Waals surface area contributed by atoms with Gasteiger partial charge in [0.15, 0.2) is 11.6 Å². The quantitative estimate of drug-likeness (QED) is 0.896. The van der Waals surface area contributed by atoms with Crippen LogP contribution in [0.15, 0.2) is 29.1 Å². The molecule has 1 aliphatic rings. The van der Waals surface area contributed by atoms with Crippen molar-refractivity contribution < 1.29 is 13.9 Å². The Hall–Kier alpha value is -2.12. The first-order valence-corrected chi connectivity index (χ1v) is 7.92. The number of β-amino-alcohol motifs (C(OH)–C–C–N with tert-alkyl or cyclic N) is 1. The summed E-state index contributed by atoms with van der Waals surface area (Å²) in [4.78, 5) is 20.7. The molecule has 1 fully saturated rings. The molecule has 0 radical (unpaired) electrons. The fraction of sp³-hybridized carbons (Fsp3) is 0.412. The minimum Gasteiger partial charge on any atom is -0.392 e. The number of aromatic nitrogens is 2. The third-order valence-corrected chi connectivity index (χ3v) is 4.27. The van der Waals surface area contributed by atoms with Crippen molar-refractivity contribution in [3.63, 3.8) is 0 Å². The molecule has 0 bridgehead atoms. The second kappa shape index (κ2) is 6.78. The van der Waals surface area contributed by atoms with Crippen molar-refractivity contribution in [2.24, 2.45) is 0 Å². The van der Waals surface area contributed by atoms with Crippen LogP contribution < -0.4 is 5.56 Å². The molecule has 2 N–H and O–H groups in total. The van der Waals surface area contributed by atoms with Gasteiger partial charge in [0.2, 0.25) is 0 Å². The van der Waals surface area contributed by atoms with E-state index in [1.807, 2.05) is 11.8 Å². The first-order valence-electron chi connectivity index (χ1n) is 7.92. The molecule has 1 aromatic heterocycles. The van der Waals surface area contributed by atoms with Crippen LogP contribution in [-0.2, 0) is 13.0 Å². The van der Waals surface area contributed by atoms with E-state index in [1.54, 1.807) is 0 Å². The molecule has 7 heteroatoms. The van der Waals surface area contributed by atoms with E-state index >= 15 is 0 Å². The predicted molar refractivity (Wildman–Crippen MR) is 84.4 cm³/mol. The Bertz CT molecular complexity index is 794. The van der Waals surface area contributed by atoms with Crippen LogP contribution in [0.3, 0.4) is 0 Å². The Morgan fingerprint density at radius 3 is 2.83 bits per heavy atom. The smallest absolute Gasteiger partial charge is 0.251 e. The Kier molecular flexibility index (Phi) is 4.73. The molecule has 0 spiro atoms. The molecule has 2 aromatic rings. The summed E-state index contributed by atoms with van der Waals surface area (Å²) in [6.07, 6.45) is 0.499. The number of nitrogens with zero attached hydrogens (tertiary/aromatic N) is 2. The highest BCUT2D eigenvalue weighted by Gasteiger charge is 2.32. The van der Waals surface area contributed by atoms with Gasteiger partial charge in [-0.05, 0) is 30.5 Å². The summed E-state index contributed by atoms with van der Waals surface area (Å²) in [7, 11) is 0. The lowest BCUT2D eigenvalue weighted by atomic mass is 10.0. The van der Waals surface area contributed by atoms with Crippen molar-refractivity contribution >= 4 is 0 Å². The van der Waals surface area contributed by atoms with Crippen LogP contribution in [0, 0.1) is 11.6 Å². The Morgan fingerprint density at radius 1 is 1.33 bits per heavy atom. The molecule has 2 heterocycles. The fourth-order valence-electron chi connectivity index (χ4n) is 3.13. The lowest BCUT2D eigenvalue weighted by Crippen LogP contribution is -2.27. The van der Waals surface area contributed by atoms with Gasteiger partial charge in [-0.1, -0.05) is 13.0 Å². The van der Waals surface area contributed by atoms with Gasteiger partial charge in [-0.3, -0.25) is 9.69 Å². The van der Waals surface area contributed by atoms with Gasteiger partial charge in [-0.25, -0.2) is 13.8 Å². The first kappa shape index (κ1) is 16.7. The Balaban J connectivity index is 1.86. The molecular weight excluding hydrogens is 316 g/mol. The number of aromatic amines is 1. The topological polar surface area (TPSA) is 69.2 Å². The minimum atomic E-state index is -0.909. The zero-order chi connectivity index (χ0) is 17.3. The fourth-order valence-corrected chi connectivity index (χ4v) is 3.13. The number of benzene rings is 1. The molecule has 5 nitrogen and oxygen atoms in total. The molecule has 0 unspecified atom stereocenters. The highest BCUT2D eigenvalue weighted by molar-refractivity contribution is 5.23. The predicted octanol–water partition coefficient (Wildman–Crippen LogP) is 1.92. The van der Waals surface area contributed by atoms with Crippen LogP contribution in [0.2, 0.25) is 0 Å². The van der Waals surface area contributed by atoms with Crippen molar-refractivity contribution in [2.75, 3.05) is 6.54 Å². The lowest BCUT2D eigenvalue weighted by Gasteiger charge is -2.24. The summed E-state index contributed by atoms with van der Waals surface area (Å²) < 4.78 is 26.7. The van der Waals surface area contributed by atoms with E-state index in [2.05, 4.69) is 9.97 Å². The second-order valence-corrected chi connectivity index (χ2v) is 6.05. The number of aliphatic hydroxyl groups is 1. The van der Waals surface area contributed by atoms with Crippen LogP contribution in [0.5, 0.6) is 0 Å². The maximum atomic E-state index is 13.5. The number of likely N-dealkylation sites (tertiary alicyclic amines) is 1. The van der Waals surface area contributed by atoms with Gasteiger partial charge in [0.25, 0.3) is 5.56 Å². The van der Waals surface area contributed by atoms with Gasteiger partial charge < -0.3 is 10.1 Å². The van der Waals surface area contributed by atoms with E-state index in [-0.39, 0.29) is 11.6 Å². The van der Waals surface area contributed by atoms with Crippen LogP contribution in [-0.4, -0.2) is 32.6 Å². The number of hydrogen-bond donors (Lipinski definition) is 2. The van der Waals surface area contributed by atoms with Crippen LogP contribution >= 0.6 is 0 Å². The van der Waals surface area contributed by atoms with E-state index in [4.69, 9.17) is 0 Å². The van der Waals surface area contributed by atoms with Crippen molar-refractivity contribution in [3.05, 3.63) is 63.3 Å². The van der Waals surface area contributed by atoms with Crippen molar-refractivity contribution in [3.8, 4) is 0 Å². The normalized spacial score (nSPS) is 21.3. The van der Waals surface area contributed by atoms with E-state index in [0.29, 0.717) is 43.0 Å². The maximum Gasteiger partial charge on any atom is 0.251 e. The second-order valence-electron chi connectivity index (χ2n) is 6.05. The standard InChI is InChI=1S/C17H19F2N3O2/c1-2-11-6-17(24)21-16(20-11)9-22-8-12(23)7-15(22)10-3-4-13(18)14(19)5-10/h3-6,12,15,23H,2,7-9H2,1H3,(H,20,21,24)/t12-,15+/m0/s1. The van der Waals surface area contributed by atoms with E-state index in [1.165, 1.54) is 12.1 Å². The number of rotatable bonds is 4. The first-order chi connectivity index (χ1) is 11.5. The number of aryl methyl sites for hydroxylation is 1. The summed E-state index contributed by atoms with van der Waals surface area (Å²) in [5, 5.41) is 9.99. The molecule has 2 atom stereocenters. The summed E-state index contributed by atoms with van der Waals surface area (Å²) in [6.45, 7) is 2.61. The van der Waals surface area contributed by atoms with Gasteiger partial charge in [-0.2, -0.15) is 0 Å². The zero-order valence-electron chi connectivity index (χ0n) is 13.3. The van der Waals surface area contributed by atoms with Gasteiger partial charge in [0.05, 0.1) is 12.6 Å². The molecule has 128 valence electrons. The summed E-state index contributed by atoms with van der Waals surface area (Å²) in [5.41, 5.74) is 1.07. The minimum absolute atomic E-state index is 0.221. The highest BCUT2D eigenvalue weighted by Crippen LogP contribution is 2.33. The lowest BCUT2D eigenvalue weighted by molar-refractivity contribution is 0.171. The monoisotopic (exact) mass is 335 g/mol. The van der Waals surface area contributed by atoms with Gasteiger partial charge in [-0.15, -0.1) is 0 Å². The van der Waals surface area contributed by atoms with E-state index in [9.17, 15) is 18.7 Å². The van der Waals surface area contributed by atoms with Crippen molar-refractivity contribution in [1.29, 1.82) is 0 Å². The van der Waals surface area contributed by atoms with Crippen molar-refractivity contribution in [2.45, 2.75) is 38.5 Å². The number of nitrogens with one attached hydrogen (secondary N) is 1. The Morgan fingerprint density at radius 2 is 2.12 bits per heavy atom. The SMILES string of the molecule is CCc1cc(=O)[nH]c(CN2C[C@@H](O)C[C@@H]2c2ccc(F)c(F)c2)n1. The number of hydrogen-bond acceptors (Lipinski definition) is 4. The van der Waals surface area contributed by atoms with E-state index < -0.39 is 17.7 Å². The molecule has 1 aliphatic heterocycles. The Labute approximate surface area is 138 Å². The largest absolute Gasteiger partial charge is 0.392 e. The van der Waals surface area contributed by atoms with Gasteiger partial charge in [0, 0.05) is 24.3 Å². The maximum absolute atomic E-state index is 13.5. The number of H-pyrrole nitrogens is 1. The van der Waals surface area contributed by atoms with Gasteiger partial charge >= 0.3 is 0 Å². The molecule has 0 saturated carbocycles. The van der Waals surface area contributed by atoms with Crippen molar-refractivity contribution in [1.82, 2.24) is 14.9 Å². The molecule has 3 rings (SSSR count). The molecule has 24 heavy (non-hydrogen) atoms. The molecule has 0 aliphatic carbocycles. The third-order valence-electron chi connectivity index (χ3n) is 4.27. The van der Waals surface area contributed by atoms with Crippen LogP contribution in [0.25, 0.3) is 0 Å². The molecule has 1 aromatic carbocycles. The third kappa shape index (κ3) is 3.52. The molecule has 0 amide bonds. The summed E-state index contributed by atoms with van der Waals surface area (Å²) in [6, 6.07) is 4.96. The molecular formula is C17H19F2N3O2. The summed E-state index contributed by atoms with van der Waals surface area (Å²) >= 11 is 0. The van der Waals surface area contributed by atoms with Crippen LogP contribution in [0.1, 0.15) is 36.5 Å². The zero-order valence-corrected chi connectivity index (χ0v) is 13.3. The highest BCUT2D eigenvalue weighted by atomic mass is 19.2.